The molecular formula is C14H17NO2. The van der Waals surface area contributed by atoms with Crippen molar-refractivity contribution < 1.29 is 9.90 Å². The number of phenols is 1. The lowest BCUT2D eigenvalue weighted by atomic mass is 9.93. The molecule has 0 aromatic heterocycles. The smallest absolute Gasteiger partial charge is 0.227 e. The fraction of sp³-hybridized carbons (Fsp3) is 0.357. The summed E-state index contributed by atoms with van der Waals surface area (Å²) in [6, 6.07) is 4.97. The second-order valence-corrected chi connectivity index (χ2v) is 4.47. The number of allylic oxidation sites excluding steroid dienone is 2. The summed E-state index contributed by atoms with van der Waals surface area (Å²) in [5.41, 5.74) is 1.66. The summed E-state index contributed by atoms with van der Waals surface area (Å²) in [5.74, 6) is 0.373. The van der Waals surface area contributed by atoms with Gasteiger partial charge in [0.05, 0.1) is 0 Å². The highest BCUT2D eigenvalue weighted by molar-refractivity contribution is 5.93. The highest BCUT2D eigenvalue weighted by atomic mass is 16.3. The number of carbonyl (C=O) groups is 1. The summed E-state index contributed by atoms with van der Waals surface area (Å²) in [5, 5.41) is 12.2. The molecule has 3 nitrogen and oxygen atoms in total. The Hall–Kier alpha value is -1.77. The third-order valence-electron chi connectivity index (χ3n) is 3.11. The zero-order valence-corrected chi connectivity index (χ0v) is 9.94. The topological polar surface area (TPSA) is 49.3 Å². The lowest BCUT2D eigenvalue weighted by molar-refractivity contribution is -0.120. The van der Waals surface area contributed by atoms with Gasteiger partial charge in [0.2, 0.25) is 5.91 Å². The van der Waals surface area contributed by atoms with Crippen LogP contribution < -0.4 is 5.32 Å². The highest BCUT2D eigenvalue weighted by Gasteiger charge is 2.19. The van der Waals surface area contributed by atoms with E-state index in [9.17, 15) is 9.90 Å². The van der Waals surface area contributed by atoms with Gasteiger partial charge in [-0.25, -0.2) is 0 Å². The standard InChI is InChI=1S/C14H17NO2/c1-10-9-12(16)7-8-13(10)15-14(17)11-5-3-2-4-6-11/h2-3,7-9,11,16H,4-6H2,1H3,(H,15,17). The minimum absolute atomic E-state index is 0.0724. The number of amides is 1. The molecule has 2 N–H and O–H groups in total. The molecule has 0 spiro atoms. The van der Waals surface area contributed by atoms with Crippen LogP contribution in [0.5, 0.6) is 5.75 Å². The van der Waals surface area contributed by atoms with Gasteiger partial charge in [-0.2, -0.15) is 0 Å². The number of hydrogen-bond donors (Lipinski definition) is 2. The van der Waals surface area contributed by atoms with E-state index in [2.05, 4.69) is 17.5 Å². The molecule has 1 aromatic rings. The molecule has 1 amide bonds. The maximum absolute atomic E-state index is 12.0. The first-order valence-corrected chi connectivity index (χ1v) is 5.92. The first kappa shape index (κ1) is 11.7. The molecule has 1 aliphatic carbocycles. The van der Waals surface area contributed by atoms with Crippen molar-refractivity contribution in [3.63, 3.8) is 0 Å². The van der Waals surface area contributed by atoms with Crippen LogP contribution in [-0.2, 0) is 4.79 Å². The molecule has 1 unspecified atom stereocenters. The van der Waals surface area contributed by atoms with Gasteiger partial charge in [0.15, 0.2) is 0 Å². The van der Waals surface area contributed by atoms with Crippen LogP contribution in [0.15, 0.2) is 30.4 Å². The summed E-state index contributed by atoms with van der Waals surface area (Å²) in [6.45, 7) is 1.87. The largest absolute Gasteiger partial charge is 0.508 e. The van der Waals surface area contributed by atoms with E-state index in [0.717, 1.165) is 30.5 Å². The van der Waals surface area contributed by atoms with Gasteiger partial charge in [-0.05, 0) is 49.9 Å². The number of anilines is 1. The Bertz CT molecular complexity index is 452. The molecule has 2 rings (SSSR count). The van der Waals surface area contributed by atoms with E-state index in [4.69, 9.17) is 0 Å². The van der Waals surface area contributed by atoms with Gasteiger partial charge in [-0.15, -0.1) is 0 Å². The Morgan fingerprint density at radius 1 is 1.41 bits per heavy atom. The SMILES string of the molecule is Cc1cc(O)ccc1NC(=O)C1CC=CCC1. The molecule has 0 fully saturated rings. The zero-order chi connectivity index (χ0) is 12.3. The van der Waals surface area contributed by atoms with Crippen LogP contribution in [0.3, 0.4) is 0 Å². The van der Waals surface area contributed by atoms with Crippen LogP contribution in [0.2, 0.25) is 0 Å². The quantitative estimate of drug-likeness (QED) is 0.607. The maximum atomic E-state index is 12.0. The average Bonchev–Trinajstić information content (AvgIpc) is 2.34. The predicted octanol–water partition coefficient (Wildman–Crippen LogP) is 3.00. The van der Waals surface area contributed by atoms with E-state index in [-0.39, 0.29) is 17.6 Å². The molecule has 1 atom stereocenters. The van der Waals surface area contributed by atoms with E-state index in [1.807, 2.05) is 6.92 Å². The van der Waals surface area contributed by atoms with Crippen molar-refractivity contribution in [1.29, 1.82) is 0 Å². The number of benzene rings is 1. The van der Waals surface area contributed by atoms with Crippen LogP contribution in [0.4, 0.5) is 5.69 Å². The molecule has 90 valence electrons. The minimum Gasteiger partial charge on any atom is -0.508 e. The summed E-state index contributed by atoms with van der Waals surface area (Å²) in [6.07, 6.45) is 6.90. The van der Waals surface area contributed by atoms with Crippen molar-refractivity contribution in [2.75, 3.05) is 5.32 Å². The van der Waals surface area contributed by atoms with E-state index in [1.54, 1.807) is 18.2 Å². The lowest BCUT2D eigenvalue weighted by Crippen LogP contribution is -2.23. The van der Waals surface area contributed by atoms with Gasteiger partial charge >= 0.3 is 0 Å². The molecular weight excluding hydrogens is 214 g/mol. The third-order valence-corrected chi connectivity index (χ3v) is 3.11. The lowest BCUT2D eigenvalue weighted by Gasteiger charge is -2.18. The summed E-state index contributed by atoms with van der Waals surface area (Å²) < 4.78 is 0. The Morgan fingerprint density at radius 3 is 2.88 bits per heavy atom. The van der Waals surface area contributed by atoms with E-state index >= 15 is 0 Å². The van der Waals surface area contributed by atoms with Crippen LogP contribution in [0.1, 0.15) is 24.8 Å². The fourth-order valence-electron chi connectivity index (χ4n) is 2.05. The van der Waals surface area contributed by atoms with Gasteiger partial charge in [0, 0.05) is 11.6 Å². The molecule has 17 heavy (non-hydrogen) atoms. The number of rotatable bonds is 2. The van der Waals surface area contributed by atoms with Crippen molar-refractivity contribution in [3.8, 4) is 5.75 Å². The first-order chi connectivity index (χ1) is 8.16. The van der Waals surface area contributed by atoms with Crippen LogP contribution in [0.25, 0.3) is 0 Å². The van der Waals surface area contributed by atoms with Crippen LogP contribution >= 0.6 is 0 Å². The molecule has 0 heterocycles. The molecule has 0 saturated carbocycles. The van der Waals surface area contributed by atoms with E-state index < -0.39 is 0 Å². The molecule has 1 aliphatic rings. The average molecular weight is 231 g/mol. The van der Waals surface area contributed by atoms with Gasteiger partial charge in [-0.3, -0.25) is 4.79 Å². The fourth-order valence-corrected chi connectivity index (χ4v) is 2.05. The summed E-state index contributed by atoms with van der Waals surface area (Å²) in [4.78, 5) is 12.0. The summed E-state index contributed by atoms with van der Waals surface area (Å²) in [7, 11) is 0. The van der Waals surface area contributed by atoms with E-state index in [1.165, 1.54) is 0 Å². The molecule has 0 radical (unpaired) electrons. The predicted molar refractivity (Wildman–Crippen MR) is 68.0 cm³/mol. The van der Waals surface area contributed by atoms with Crippen molar-refractivity contribution in [3.05, 3.63) is 35.9 Å². The van der Waals surface area contributed by atoms with Crippen molar-refractivity contribution in [1.82, 2.24) is 0 Å². The number of carbonyl (C=O) groups excluding carboxylic acids is 1. The monoisotopic (exact) mass is 231 g/mol. The van der Waals surface area contributed by atoms with Gasteiger partial charge in [0.1, 0.15) is 5.75 Å². The zero-order valence-electron chi connectivity index (χ0n) is 9.94. The normalized spacial score (nSPS) is 19.0. The Balaban J connectivity index is 2.05. The molecule has 0 aliphatic heterocycles. The van der Waals surface area contributed by atoms with E-state index in [0.29, 0.717) is 0 Å². The Labute approximate surface area is 101 Å². The second-order valence-electron chi connectivity index (χ2n) is 4.47. The number of hydrogen-bond acceptors (Lipinski definition) is 2. The number of aryl methyl sites for hydroxylation is 1. The van der Waals surface area contributed by atoms with Crippen molar-refractivity contribution in [2.45, 2.75) is 26.2 Å². The molecule has 3 heteroatoms. The molecule has 0 saturated heterocycles. The molecule has 1 aromatic carbocycles. The Morgan fingerprint density at radius 2 is 2.24 bits per heavy atom. The summed E-state index contributed by atoms with van der Waals surface area (Å²) >= 11 is 0. The number of phenolic OH excluding ortho intramolecular Hbond substituents is 1. The van der Waals surface area contributed by atoms with Gasteiger partial charge < -0.3 is 10.4 Å². The van der Waals surface area contributed by atoms with Crippen LogP contribution in [0, 0.1) is 12.8 Å². The maximum Gasteiger partial charge on any atom is 0.227 e. The second kappa shape index (κ2) is 5.04. The third kappa shape index (κ3) is 2.87. The number of nitrogens with one attached hydrogen (secondary N) is 1. The minimum atomic E-state index is 0.0724. The highest BCUT2D eigenvalue weighted by Crippen LogP contribution is 2.23. The van der Waals surface area contributed by atoms with Crippen molar-refractivity contribution in [2.24, 2.45) is 5.92 Å². The van der Waals surface area contributed by atoms with Crippen molar-refractivity contribution >= 4 is 11.6 Å². The van der Waals surface area contributed by atoms with Crippen LogP contribution in [-0.4, -0.2) is 11.0 Å². The van der Waals surface area contributed by atoms with Gasteiger partial charge in [0.25, 0.3) is 0 Å². The number of aromatic hydroxyl groups is 1. The van der Waals surface area contributed by atoms with Gasteiger partial charge in [-0.1, -0.05) is 12.2 Å². The first-order valence-electron chi connectivity index (χ1n) is 5.92. The Kier molecular flexibility index (Phi) is 3.47. The molecule has 0 bridgehead atoms.